The predicted molar refractivity (Wildman–Crippen MR) is 78.3 cm³/mol. The van der Waals surface area contributed by atoms with Gasteiger partial charge < -0.3 is 19.4 Å². The number of methoxy groups -OCH3 is 2. The lowest BCUT2D eigenvalue weighted by Gasteiger charge is -2.22. The molecule has 0 saturated heterocycles. The summed E-state index contributed by atoms with van der Waals surface area (Å²) in [4.78, 5) is 4.47. The third-order valence-electron chi connectivity index (χ3n) is 3.39. The Hall–Kier alpha value is -2.01. The Kier molecular flexibility index (Phi) is 4.63. The van der Waals surface area contributed by atoms with E-state index in [9.17, 15) is 0 Å². The fourth-order valence-electron chi connectivity index (χ4n) is 2.42. The molecule has 0 amide bonds. The average Bonchev–Trinajstić information content (AvgIpc) is 2.96. The highest BCUT2D eigenvalue weighted by Crippen LogP contribution is 2.36. The molecule has 0 bridgehead atoms. The number of hydrogen-bond donors (Lipinski definition) is 1. The van der Waals surface area contributed by atoms with Gasteiger partial charge in [0, 0.05) is 18.9 Å². The Morgan fingerprint density at radius 1 is 1.25 bits per heavy atom. The van der Waals surface area contributed by atoms with Crippen molar-refractivity contribution in [3.63, 3.8) is 0 Å². The summed E-state index contributed by atoms with van der Waals surface area (Å²) in [5, 5.41) is 3.30. The van der Waals surface area contributed by atoms with Crippen molar-refractivity contribution in [2.75, 3.05) is 21.3 Å². The van der Waals surface area contributed by atoms with Crippen LogP contribution in [0.25, 0.3) is 0 Å². The molecule has 1 unspecified atom stereocenters. The van der Waals surface area contributed by atoms with Crippen molar-refractivity contribution < 1.29 is 9.47 Å². The molecule has 0 saturated carbocycles. The number of imidazole rings is 1. The lowest BCUT2D eigenvalue weighted by Crippen LogP contribution is -2.23. The lowest BCUT2D eigenvalue weighted by atomic mass is 10.0. The molecule has 0 aliphatic heterocycles. The molecule has 2 aromatic rings. The molecule has 0 radical (unpaired) electrons. The van der Waals surface area contributed by atoms with Crippen LogP contribution in [0.5, 0.6) is 11.5 Å². The molecule has 0 aliphatic carbocycles. The van der Waals surface area contributed by atoms with Gasteiger partial charge in [0.05, 0.1) is 25.8 Å². The Bertz CT molecular complexity index is 544. The van der Waals surface area contributed by atoms with Gasteiger partial charge in [-0.15, -0.1) is 0 Å². The van der Waals surface area contributed by atoms with Crippen LogP contribution in [0.15, 0.2) is 30.6 Å². The largest absolute Gasteiger partial charge is 0.496 e. The number of ether oxygens (including phenoxy) is 2. The van der Waals surface area contributed by atoms with Crippen LogP contribution >= 0.6 is 0 Å². The van der Waals surface area contributed by atoms with E-state index in [1.54, 1.807) is 14.2 Å². The molecule has 1 aromatic carbocycles. The van der Waals surface area contributed by atoms with Crippen LogP contribution in [-0.4, -0.2) is 30.8 Å². The van der Waals surface area contributed by atoms with Crippen LogP contribution in [-0.2, 0) is 6.54 Å². The van der Waals surface area contributed by atoms with Gasteiger partial charge in [0.2, 0.25) is 0 Å². The van der Waals surface area contributed by atoms with E-state index in [1.807, 2.05) is 37.6 Å². The van der Waals surface area contributed by atoms with Gasteiger partial charge in [-0.2, -0.15) is 0 Å². The molecule has 5 nitrogen and oxygen atoms in total. The summed E-state index contributed by atoms with van der Waals surface area (Å²) in [6, 6.07) is 5.69. The fourth-order valence-corrected chi connectivity index (χ4v) is 2.42. The summed E-state index contributed by atoms with van der Waals surface area (Å²) >= 11 is 0. The highest BCUT2D eigenvalue weighted by molar-refractivity contribution is 5.49. The SMILES string of the molecule is CCn1ccnc1C(NC)c1c(OC)cccc1OC. The van der Waals surface area contributed by atoms with E-state index in [0.717, 1.165) is 29.4 Å². The third kappa shape index (κ3) is 2.49. The number of rotatable bonds is 6. The fraction of sp³-hybridized carbons (Fsp3) is 0.400. The zero-order valence-corrected chi connectivity index (χ0v) is 12.4. The van der Waals surface area contributed by atoms with Crippen molar-refractivity contribution in [2.45, 2.75) is 19.5 Å². The normalized spacial score (nSPS) is 12.2. The van der Waals surface area contributed by atoms with Gasteiger partial charge in [0.15, 0.2) is 0 Å². The minimum absolute atomic E-state index is 0.0870. The van der Waals surface area contributed by atoms with Gasteiger partial charge in [0.25, 0.3) is 0 Å². The Labute approximate surface area is 119 Å². The van der Waals surface area contributed by atoms with Crippen molar-refractivity contribution in [1.82, 2.24) is 14.9 Å². The molecule has 1 atom stereocenters. The van der Waals surface area contributed by atoms with E-state index in [2.05, 4.69) is 21.8 Å². The Balaban J connectivity index is 2.57. The second-order valence-corrected chi connectivity index (χ2v) is 4.37. The number of nitrogens with zero attached hydrogens (tertiary/aromatic N) is 2. The van der Waals surface area contributed by atoms with Gasteiger partial charge in [0.1, 0.15) is 17.3 Å². The lowest BCUT2D eigenvalue weighted by molar-refractivity contribution is 0.376. The number of aryl methyl sites for hydroxylation is 1. The maximum Gasteiger partial charge on any atom is 0.130 e. The number of benzene rings is 1. The molecule has 1 N–H and O–H groups in total. The first kappa shape index (κ1) is 14.4. The highest BCUT2D eigenvalue weighted by atomic mass is 16.5. The van der Waals surface area contributed by atoms with E-state index >= 15 is 0 Å². The molecule has 0 spiro atoms. The van der Waals surface area contributed by atoms with Crippen LogP contribution in [0.1, 0.15) is 24.4 Å². The number of aromatic nitrogens is 2. The Morgan fingerprint density at radius 3 is 2.40 bits per heavy atom. The van der Waals surface area contributed by atoms with Crippen LogP contribution in [0.2, 0.25) is 0 Å². The molecular formula is C15H21N3O2. The van der Waals surface area contributed by atoms with Crippen LogP contribution in [0, 0.1) is 0 Å². The van der Waals surface area contributed by atoms with Gasteiger partial charge in [-0.1, -0.05) is 6.07 Å². The van der Waals surface area contributed by atoms with Crippen molar-refractivity contribution in [3.05, 3.63) is 42.0 Å². The van der Waals surface area contributed by atoms with Gasteiger partial charge in [-0.05, 0) is 26.1 Å². The molecule has 0 aliphatic rings. The molecule has 0 fully saturated rings. The van der Waals surface area contributed by atoms with Crippen molar-refractivity contribution in [1.29, 1.82) is 0 Å². The van der Waals surface area contributed by atoms with E-state index in [4.69, 9.17) is 9.47 Å². The van der Waals surface area contributed by atoms with Crippen LogP contribution in [0.4, 0.5) is 0 Å². The van der Waals surface area contributed by atoms with Crippen molar-refractivity contribution >= 4 is 0 Å². The maximum absolute atomic E-state index is 5.49. The standard InChI is InChI=1S/C15H21N3O2/c1-5-18-10-9-17-15(18)14(16-2)13-11(19-3)7-6-8-12(13)20-4/h6-10,14,16H,5H2,1-4H3. The molecule has 108 valence electrons. The molecule has 1 heterocycles. The molecule has 2 rings (SSSR count). The summed E-state index contributed by atoms with van der Waals surface area (Å²) < 4.78 is 13.1. The summed E-state index contributed by atoms with van der Waals surface area (Å²) in [5.74, 6) is 2.52. The van der Waals surface area contributed by atoms with E-state index in [1.165, 1.54) is 0 Å². The molecule has 20 heavy (non-hydrogen) atoms. The first-order valence-corrected chi connectivity index (χ1v) is 6.66. The zero-order chi connectivity index (χ0) is 14.5. The van der Waals surface area contributed by atoms with Gasteiger partial charge >= 0.3 is 0 Å². The van der Waals surface area contributed by atoms with Gasteiger partial charge in [-0.25, -0.2) is 4.98 Å². The summed E-state index contributed by atoms with van der Waals surface area (Å²) in [6.45, 7) is 2.96. The summed E-state index contributed by atoms with van der Waals surface area (Å²) in [7, 11) is 5.24. The smallest absolute Gasteiger partial charge is 0.130 e. The van der Waals surface area contributed by atoms with Crippen molar-refractivity contribution in [2.24, 2.45) is 0 Å². The number of hydrogen-bond acceptors (Lipinski definition) is 4. The molecule has 5 heteroatoms. The van der Waals surface area contributed by atoms with Crippen LogP contribution in [0.3, 0.4) is 0 Å². The van der Waals surface area contributed by atoms with E-state index < -0.39 is 0 Å². The Morgan fingerprint density at radius 2 is 1.90 bits per heavy atom. The number of nitrogens with one attached hydrogen (secondary N) is 1. The first-order chi connectivity index (χ1) is 9.76. The van der Waals surface area contributed by atoms with E-state index in [0.29, 0.717) is 0 Å². The quantitative estimate of drug-likeness (QED) is 0.878. The predicted octanol–water partition coefficient (Wildman–Crippen LogP) is 2.23. The van der Waals surface area contributed by atoms with Crippen LogP contribution < -0.4 is 14.8 Å². The van der Waals surface area contributed by atoms with Gasteiger partial charge in [-0.3, -0.25) is 0 Å². The monoisotopic (exact) mass is 275 g/mol. The summed E-state index contributed by atoms with van der Waals surface area (Å²) in [5.41, 5.74) is 0.959. The topological polar surface area (TPSA) is 48.3 Å². The van der Waals surface area contributed by atoms with E-state index in [-0.39, 0.29) is 6.04 Å². The molecule has 1 aromatic heterocycles. The first-order valence-electron chi connectivity index (χ1n) is 6.66. The minimum atomic E-state index is -0.0870. The second-order valence-electron chi connectivity index (χ2n) is 4.37. The highest BCUT2D eigenvalue weighted by Gasteiger charge is 2.24. The van der Waals surface area contributed by atoms with Crippen molar-refractivity contribution in [3.8, 4) is 11.5 Å². The molecular weight excluding hydrogens is 254 g/mol. The average molecular weight is 275 g/mol. The second kappa shape index (κ2) is 6.43. The summed E-state index contributed by atoms with van der Waals surface area (Å²) in [6.07, 6.45) is 3.78. The maximum atomic E-state index is 5.49. The minimum Gasteiger partial charge on any atom is -0.496 e. The zero-order valence-electron chi connectivity index (χ0n) is 12.4. The third-order valence-corrected chi connectivity index (χ3v) is 3.39.